The molecule has 1 aromatic carbocycles. The molecule has 1 aliphatic rings. The van der Waals surface area contributed by atoms with Crippen molar-refractivity contribution in [1.82, 2.24) is 9.80 Å². The van der Waals surface area contributed by atoms with Crippen molar-refractivity contribution >= 4 is 23.1 Å². The fourth-order valence-corrected chi connectivity index (χ4v) is 2.85. The Morgan fingerprint density at radius 1 is 1.24 bits per heavy atom. The van der Waals surface area contributed by atoms with Crippen molar-refractivity contribution in [3.05, 3.63) is 35.9 Å². The van der Waals surface area contributed by atoms with Crippen LogP contribution in [0.4, 0.5) is 0 Å². The lowest BCUT2D eigenvalue weighted by Gasteiger charge is -2.35. The Morgan fingerprint density at radius 3 is 2.38 bits per heavy atom. The quantitative estimate of drug-likeness (QED) is 0.833. The Labute approximate surface area is 131 Å². The minimum atomic E-state index is -0.393. The van der Waals surface area contributed by atoms with E-state index >= 15 is 0 Å². The maximum atomic E-state index is 12.7. The van der Waals surface area contributed by atoms with Gasteiger partial charge < -0.3 is 15.5 Å². The maximum absolute atomic E-state index is 12.7. The van der Waals surface area contributed by atoms with Crippen molar-refractivity contribution in [2.24, 2.45) is 11.7 Å². The molecule has 0 spiro atoms. The monoisotopic (exact) mass is 305 g/mol. The number of carbonyl (C=O) groups is 1. The summed E-state index contributed by atoms with van der Waals surface area (Å²) in [5.74, 6) is -0.322. The molecule has 0 bridgehead atoms. The van der Waals surface area contributed by atoms with E-state index in [0.717, 1.165) is 38.3 Å². The first-order valence-corrected chi connectivity index (χ1v) is 7.87. The molecule has 0 aromatic heterocycles. The van der Waals surface area contributed by atoms with Gasteiger partial charge in [-0.2, -0.15) is 0 Å². The second-order valence-corrected chi connectivity index (χ2v) is 5.88. The fourth-order valence-electron chi connectivity index (χ4n) is 2.66. The van der Waals surface area contributed by atoms with E-state index in [-0.39, 0.29) is 5.91 Å². The minimum absolute atomic E-state index is 0.0714. The van der Waals surface area contributed by atoms with Gasteiger partial charge in [-0.15, -0.1) is 0 Å². The number of piperazine rings is 1. The van der Waals surface area contributed by atoms with Gasteiger partial charge in [-0.25, -0.2) is 0 Å². The van der Waals surface area contributed by atoms with Crippen LogP contribution in [0.3, 0.4) is 0 Å². The molecule has 1 unspecified atom stereocenters. The molecule has 0 saturated carbocycles. The second kappa shape index (κ2) is 7.52. The molecule has 21 heavy (non-hydrogen) atoms. The number of benzene rings is 1. The molecule has 114 valence electrons. The van der Waals surface area contributed by atoms with Gasteiger partial charge in [0.05, 0.1) is 10.9 Å². The molecule has 2 rings (SSSR count). The van der Waals surface area contributed by atoms with Gasteiger partial charge in [-0.05, 0) is 18.5 Å². The summed E-state index contributed by atoms with van der Waals surface area (Å²) in [6, 6.07) is 9.92. The molecule has 1 amide bonds. The van der Waals surface area contributed by atoms with Gasteiger partial charge in [0.2, 0.25) is 5.91 Å². The van der Waals surface area contributed by atoms with Crippen LogP contribution in [0.5, 0.6) is 0 Å². The zero-order valence-corrected chi connectivity index (χ0v) is 13.3. The van der Waals surface area contributed by atoms with Gasteiger partial charge in [0.1, 0.15) is 0 Å². The minimum Gasteiger partial charge on any atom is -0.393 e. The molecule has 4 nitrogen and oxygen atoms in total. The Hall–Kier alpha value is -1.46. The predicted molar refractivity (Wildman–Crippen MR) is 89.1 cm³/mol. The fraction of sp³-hybridized carbons (Fsp3) is 0.500. The van der Waals surface area contributed by atoms with Crippen molar-refractivity contribution < 1.29 is 4.79 Å². The van der Waals surface area contributed by atoms with Crippen molar-refractivity contribution in [3.8, 4) is 0 Å². The van der Waals surface area contributed by atoms with E-state index in [1.54, 1.807) is 0 Å². The van der Waals surface area contributed by atoms with E-state index < -0.39 is 5.92 Å². The summed E-state index contributed by atoms with van der Waals surface area (Å²) in [7, 11) is 0. The summed E-state index contributed by atoms with van der Waals surface area (Å²) in [5.41, 5.74) is 6.91. The molecule has 5 heteroatoms. The summed E-state index contributed by atoms with van der Waals surface area (Å²) < 4.78 is 0. The summed E-state index contributed by atoms with van der Waals surface area (Å²) in [6.45, 7) is 6.56. The molecule has 1 heterocycles. The SMILES string of the molecule is CCN1CCN(C(=O)C(Cc2ccccc2)C(N)=S)CC1. The van der Waals surface area contributed by atoms with Crippen molar-refractivity contribution in [3.63, 3.8) is 0 Å². The van der Waals surface area contributed by atoms with Crippen LogP contribution in [0.25, 0.3) is 0 Å². The maximum Gasteiger partial charge on any atom is 0.232 e. The van der Waals surface area contributed by atoms with Crippen LogP contribution >= 0.6 is 12.2 Å². The zero-order chi connectivity index (χ0) is 15.2. The molecule has 1 aliphatic heterocycles. The number of amides is 1. The first kappa shape index (κ1) is 15.9. The topological polar surface area (TPSA) is 49.6 Å². The molecular weight excluding hydrogens is 282 g/mol. The smallest absolute Gasteiger partial charge is 0.232 e. The van der Waals surface area contributed by atoms with Crippen LogP contribution < -0.4 is 5.73 Å². The van der Waals surface area contributed by atoms with Gasteiger partial charge in [0.25, 0.3) is 0 Å². The van der Waals surface area contributed by atoms with Crippen molar-refractivity contribution in [2.45, 2.75) is 13.3 Å². The lowest BCUT2D eigenvalue weighted by molar-refractivity contribution is -0.135. The van der Waals surface area contributed by atoms with Gasteiger partial charge in [-0.1, -0.05) is 49.5 Å². The molecule has 2 N–H and O–H groups in total. The van der Waals surface area contributed by atoms with E-state index in [2.05, 4.69) is 11.8 Å². The van der Waals surface area contributed by atoms with E-state index in [9.17, 15) is 4.79 Å². The molecular formula is C16H23N3OS. The van der Waals surface area contributed by atoms with E-state index in [0.29, 0.717) is 11.4 Å². The van der Waals surface area contributed by atoms with E-state index in [4.69, 9.17) is 18.0 Å². The lowest BCUT2D eigenvalue weighted by atomic mass is 9.97. The van der Waals surface area contributed by atoms with Crippen LogP contribution in [-0.4, -0.2) is 53.4 Å². The van der Waals surface area contributed by atoms with Crippen molar-refractivity contribution in [2.75, 3.05) is 32.7 Å². The second-order valence-electron chi connectivity index (χ2n) is 5.40. The number of carbonyl (C=O) groups excluding carboxylic acids is 1. The summed E-state index contributed by atoms with van der Waals surface area (Å²) >= 11 is 5.13. The predicted octanol–water partition coefficient (Wildman–Crippen LogP) is 1.30. The molecule has 1 aromatic rings. The third kappa shape index (κ3) is 4.25. The third-order valence-corrected chi connectivity index (χ3v) is 4.34. The van der Waals surface area contributed by atoms with Crippen LogP contribution in [-0.2, 0) is 11.2 Å². The van der Waals surface area contributed by atoms with Crippen LogP contribution in [0.15, 0.2) is 30.3 Å². The summed E-state index contributed by atoms with van der Waals surface area (Å²) in [5, 5.41) is 0. The largest absolute Gasteiger partial charge is 0.393 e. The Kier molecular flexibility index (Phi) is 5.70. The number of hydrogen-bond acceptors (Lipinski definition) is 3. The number of nitrogens with zero attached hydrogens (tertiary/aromatic N) is 2. The number of hydrogen-bond donors (Lipinski definition) is 1. The average Bonchev–Trinajstić information content (AvgIpc) is 2.53. The number of rotatable bonds is 5. The third-order valence-electron chi connectivity index (χ3n) is 4.06. The van der Waals surface area contributed by atoms with Crippen LogP contribution in [0.1, 0.15) is 12.5 Å². The Bertz CT molecular complexity index is 484. The zero-order valence-electron chi connectivity index (χ0n) is 12.5. The van der Waals surface area contributed by atoms with Gasteiger partial charge in [0.15, 0.2) is 0 Å². The van der Waals surface area contributed by atoms with Gasteiger partial charge >= 0.3 is 0 Å². The first-order valence-electron chi connectivity index (χ1n) is 7.46. The number of thiocarbonyl (C=S) groups is 1. The standard InChI is InChI=1S/C16H23N3OS/c1-2-18-8-10-19(11-9-18)16(20)14(15(17)21)12-13-6-4-3-5-7-13/h3-7,14H,2,8-12H2,1H3,(H2,17,21). The molecule has 1 atom stereocenters. The van der Waals surface area contributed by atoms with Crippen LogP contribution in [0, 0.1) is 5.92 Å². The van der Waals surface area contributed by atoms with E-state index in [1.165, 1.54) is 0 Å². The summed E-state index contributed by atoms with van der Waals surface area (Å²) in [6.07, 6.45) is 0.586. The number of likely N-dealkylation sites (N-methyl/N-ethyl adjacent to an activating group) is 1. The van der Waals surface area contributed by atoms with Crippen molar-refractivity contribution in [1.29, 1.82) is 0 Å². The van der Waals surface area contributed by atoms with Gasteiger partial charge in [0, 0.05) is 26.2 Å². The molecule has 1 fully saturated rings. The number of nitrogens with two attached hydrogens (primary N) is 1. The molecule has 1 saturated heterocycles. The van der Waals surface area contributed by atoms with E-state index in [1.807, 2.05) is 35.2 Å². The van der Waals surface area contributed by atoms with Gasteiger partial charge in [-0.3, -0.25) is 4.79 Å². The first-order chi connectivity index (χ1) is 10.1. The Morgan fingerprint density at radius 2 is 1.86 bits per heavy atom. The highest BCUT2D eigenvalue weighted by molar-refractivity contribution is 7.80. The molecule has 0 aliphatic carbocycles. The highest BCUT2D eigenvalue weighted by Gasteiger charge is 2.29. The lowest BCUT2D eigenvalue weighted by Crippen LogP contribution is -2.52. The van der Waals surface area contributed by atoms with Crippen LogP contribution in [0.2, 0.25) is 0 Å². The summed E-state index contributed by atoms with van der Waals surface area (Å²) in [4.78, 5) is 17.2. The molecule has 0 radical (unpaired) electrons. The normalized spacial score (nSPS) is 17.5. The average molecular weight is 305 g/mol. The highest BCUT2D eigenvalue weighted by atomic mass is 32.1. The Balaban J connectivity index is 2.01. The highest BCUT2D eigenvalue weighted by Crippen LogP contribution is 2.14.